The minimum atomic E-state index is -3.22. The Morgan fingerprint density at radius 1 is 1.25 bits per heavy atom. The highest BCUT2D eigenvalue weighted by molar-refractivity contribution is 7.89. The number of sulfonamides is 1. The summed E-state index contributed by atoms with van der Waals surface area (Å²) in [5.41, 5.74) is 2.39. The summed E-state index contributed by atoms with van der Waals surface area (Å²) in [5.74, 6) is 0.0267. The lowest BCUT2D eigenvalue weighted by molar-refractivity contribution is 0.0563. The molecule has 5 heteroatoms. The zero-order valence-electron chi connectivity index (χ0n) is 12.4. The second-order valence-electron chi connectivity index (χ2n) is 5.68. The van der Waals surface area contributed by atoms with Gasteiger partial charge in [0.05, 0.1) is 11.9 Å². The van der Waals surface area contributed by atoms with Gasteiger partial charge in [0.15, 0.2) is 0 Å². The average Bonchev–Trinajstić information content (AvgIpc) is 2.41. The van der Waals surface area contributed by atoms with Crippen LogP contribution in [0.15, 0.2) is 24.3 Å². The van der Waals surface area contributed by atoms with Gasteiger partial charge in [-0.25, -0.2) is 12.7 Å². The second kappa shape index (κ2) is 6.24. The second-order valence-corrected chi connectivity index (χ2v) is 8.04. The summed E-state index contributed by atoms with van der Waals surface area (Å²) in [6.45, 7) is 3.10. The zero-order valence-corrected chi connectivity index (χ0v) is 13.2. The Labute approximate surface area is 121 Å². The van der Waals surface area contributed by atoms with Gasteiger partial charge in [0.2, 0.25) is 10.0 Å². The highest BCUT2D eigenvalue weighted by Crippen LogP contribution is 2.27. The SMILES string of the molecule is Cc1ccc(C[C@H]2COCC[C@H]2S(=O)(=O)N(C)C)cc1. The first-order valence-electron chi connectivity index (χ1n) is 6.96. The van der Waals surface area contributed by atoms with Crippen LogP contribution in [0.4, 0.5) is 0 Å². The van der Waals surface area contributed by atoms with Gasteiger partial charge < -0.3 is 4.74 Å². The summed E-state index contributed by atoms with van der Waals surface area (Å²) in [7, 11) is -0.0143. The molecule has 1 aliphatic rings. The lowest BCUT2D eigenvalue weighted by Gasteiger charge is -2.33. The highest BCUT2D eigenvalue weighted by atomic mass is 32.2. The fourth-order valence-electron chi connectivity index (χ4n) is 2.66. The van der Waals surface area contributed by atoms with Crippen LogP contribution in [0, 0.1) is 12.8 Å². The molecule has 0 aromatic heterocycles. The van der Waals surface area contributed by atoms with Crippen LogP contribution >= 0.6 is 0 Å². The first-order valence-corrected chi connectivity index (χ1v) is 8.46. The first-order chi connectivity index (χ1) is 9.41. The molecule has 1 aromatic carbocycles. The van der Waals surface area contributed by atoms with Gasteiger partial charge >= 0.3 is 0 Å². The Morgan fingerprint density at radius 3 is 2.50 bits per heavy atom. The Balaban J connectivity index is 2.17. The molecule has 0 spiro atoms. The third kappa shape index (κ3) is 3.40. The molecule has 20 heavy (non-hydrogen) atoms. The third-order valence-corrected chi connectivity index (χ3v) is 6.32. The molecule has 0 radical (unpaired) electrons. The molecule has 1 saturated heterocycles. The molecule has 1 heterocycles. The van der Waals surface area contributed by atoms with Crippen LogP contribution in [0.3, 0.4) is 0 Å². The average molecular weight is 297 g/mol. The van der Waals surface area contributed by atoms with Crippen molar-refractivity contribution in [1.82, 2.24) is 4.31 Å². The van der Waals surface area contributed by atoms with E-state index in [1.807, 2.05) is 6.92 Å². The predicted octanol–water partition coefficient (Wildman–Crippen LogP) is 1.83. The van der Waals surface area contributed by atoms with Gasteiger partial charge in [0.25, 0.3) is 0 Å². The quantitative estimate of drug-likeness (QED) is 0.852. The van der Waals surface area contributed by atoms with E-state index in [1.54, 1.807) is 14.1 Å². The Bertz CT molecular complexity index is 537. The molecule has 0 amide bonds. The molecular formula is C15H23NO3S. The van der Waals surface area contributed by atoms with Crippen molar-refractivity contribution in [1.29, 1.82) is 0 Å². The molecule has 0 unspecified atom stereocenters. The summed E-state index contributed by atoms with van der Waals surface area (Å²) in [4.78, 5) is 0. The van der Waals surface area contributed by atoms with Crippen molar-refractivity contribution in [3.8, 4) is 0 Å². The maximum absolute atomic E-state index is 12.4. The van der Waals surface area contributed by atoms with E-state index < -0.39 is 10.0 Å². The van der Waals surface area contributed by atoms with Gasteiger partial charge in [-0.2, -0.15) is 0 Å². The molecule has 0 bridgehead atoms. The highest BCUT2D eigenvalue weighted by Gasteiger charge is 2.37. The summed E-state index contributed by atoms with van der Waals surface area (Å²) >= 11 is 0. The number of ether oxygens (including phenoxy) is 1. The van der Waals surface area contributed by atoms with Crippen molar-refractivity contribution in [2.75, 3.05) is 27.3 Å². The summed E-state index contributed by atoms with van der Waals surface area (Å²) < 4.78 is 31.7. The van der Waals surface area contributed by atoms with Gasteiger partial charge in [0, 0.05) is 26.6 Å². The molecule has 0 aliphatic carbocycles. The van der Waals surface area contributed by atoms with Crippen molar-refractivity contribution in [2.24, 2.45) is 5.92 Å². The monoisotopic (exact) mass is 297 g/mol. The van der Waals surface area contributed by atoms with Gasteiger partial charge in [-0.3, -0.25) is 0 Å². The summed E-state index contributed by atoms with van der Waals surface area (Å²) in [5, 5.41) is -0.340. The molecule has 2 atom stereocenters. The molecule has 0 N–H and O–H groups in total. The van der Waals surface area contributed by atoms with Gasteiger partial charge in [-0.1, -0.05) is 29.8 Å². The molecule has 0 saturated carbocycles. The van der Waals surface area contributed by atoms with Crippen molar-refractivity contribution in [3.05, 3.63) is 35.4 Å². The number of benzene rings is 1. The molecular weight excluding hydrogens is 274 g/mol. The molecule has 1 aliphatic heterocycles. The Hall–Kier alpha value is -0.910. The van der Waals surface area contributed by atoms with E-state index in [0.717, 1.165) is 6.42 Å². The lowest BCUT2D eigenvalue weighted by Crippen LogP contribution is -2.44. The van der Waals surface area contributed by atoms with Crippen LogP contribution in [0.1, 0.15) is 17.5 Å². The van der Waals surface area contributed by atoms with Crippen molar-refractivity contribution in [2.45, 2.75) is 25.0 Å². The molecule has 2 rings (SSSR count). The minimum absolute atomic E-state index is 0.0267. The largest absolute Gasteiger partial charge is 0.381 e. The maximum atomic E-state index is 12.4. The van der Waals surface area contributed by atoms with Gasteiger partial charge in [0.1, 0.15) is 0 Å². The Kier molecular flexibility index (Phi) is 4.83. The topological polar surface area (TPSA) is 46.6 Å². The summed E-state index contributed by atoms with van der Waals surface area (Å²) in [6, 6.07) is 8.27. The van der Waals surface area contributed by atoms with Crippen LogP contribution in [0.5, 0.6) is 0 Å². The van der Waals surface area contributed by atoms with E-state index in [9.17, 15) is 8.42 Å². The normalized spacial score (nSPS) is 24.0. The standard InChI is InChI=1S/C15H23NO3S/c1-12-4-6-13(7-5-12)10-14-11-19-9-8-15(14)20(17,18)16(2)3/h4-7,14-15H,8-11H2,1-3H3/t14-,15+/m0/s1. The Morgan fingerprint density at radius 2 is 1.90 bits per heavy atom. The van der Waals surface area contributed by atoms with E-state index in [1.165, 1.54) is 15.4 Å². The van der Waals surface area contributed by atoms with E-state index in [-0.39, 0.29) is 11.2 Å². The van der Waals surface area contributed by atoms with Gasteiger partial charge in [-0.15, -0.1) is 0 Å². The minimum Gasteiger partial charge on any atom is -0.381 e. The summed E-state index contributed by atoms with van der Waals surface area (Å²) in [6.07, 6.45) is 1.33. The number of hydrogen-bond acceptors (Lipinski definition) is 3. The van der Waals surface area contributed by atoms with E-state index >= 15 is 0 Å². The third-order valence-electron chi connectivity index (χ3n) is 3.91. The number of aryl methyl sites for hydroxylation is 1. The van der Waals surface area contributed by atoms with Crippen molar-refractivity contribution >= 4 is 10.0 Å². The molecule has 1 fully saturated rings. The fourth-order valence-corrected chi connectivity index (χ4v) is 4.25. The molecule has 1 aromatic rings. The predicted molar refractivity (Wildman–Crippen MR) is 80.2 cm³/mol. The number of nitrogens with zero attached hydrogens (tertiary/aromatic N) is 1. The van der Waals surface area contributed by atoms with E-state index in [2.05, 4.69) is 24.3 Å². The van der Waals surface area contributed by atoms with E-state index in [0.29, 0.717) is 19.6 Å². The fraction of sp³-hybridized carbons (Fsp3) is 0.600. The van der Waals surface area contributed by atoms with Gasteiger partial charge in [-0.05, 0) is 25.3 Å². The van der Waals surface area contributed by atoms with Crippen LogP contribution in [-0.4, -0.2) is 45.3 Å². The van der Waals surface area contributed by atoms with Crippen molar-refractivity contribution < 1.29 is 13.2 Å². The zero-order chi connectivity index (χ0) is 14.8. The molecule has 4 nitrogen and oxygen atoms in total. The van der Waals surface area contributed by atoms with Crippen LogP contribution in [-0.2, 0) is 21.2 Å². The van der Waals surface area contributed by atoms with Crippen LogP contribution in [0.2, 0.25) is 0 Å². The smallest absolute Gasteiger partial charge is 0.216 e. The first kappa shape index (κ1) is 15.5. The number of hydrogen-bond donors (Lipinski definition) is 0. The molecule has 112 valence electrons. The van der Waals surface area contributed by atoms with Crippen LogP contribution < -0.4 is 0 Å². The van der Waals surface area contributed by atoms with Crippen molar-refractivity contribution in [3.63, 3.8) is 0 Å². The van der Waals surface area contributed by atoms with Crippen LogP contribution in [0.25, 0.3) is 0 Å². The lowest BCUT2D eigenvalue weighted by atomic mass is 9.93. The maximum Gasteiger partial charge on any atom is 0.216 e. The number of rotatable bonds is 4. The van der Waals surface area contributed by atoms with E-state index in [4.69, 9.17) is 4.74 Å².